The minimum absolute atomic E-state index is 0.134. The van der Waals surface area contributed by atoms with Crippen molar-refractivity contribution in [3.05, 3.63) is 17.7 Å². The fraction of sp³-hybridized carbons (Fsp3) is 0.500. The van der Waals surface area contributed by atoms with Gasteiger partial charge in [-0.25, -0.2) is 9.97 Å². The third-order valence-corrected chi connectivity index (χ3v) is 4.37. The lowest BCUT2D eigenvalue weighted by molar-refractivity contribution is 0.229. The first kappa shape index (κ1) is 15.1. The number of nitrogens with two attached hydrogens (primary N) is 1. The molecule has 3 rings (SSSR count). The number of nitrogens with one attached hydrogen (secondary N) is 1. The van der Waals surface area contributed by atoms with Crippen LogP contribution in [0.3, 0.4) is 0 Å². The molecule has 0 spiro atoms. The zero-order valence-electron chi connectivity index (χ0n) is 12.3. The molecule has 7 nitrogen and oxygen atoms in total. The summed E-state index contributed by atoms with van der Waals surface area (Å²) in [5, 5.41) is 13.0. The van der Waals surface area contributed by atoms with E-state index in [1.165, 1.54) is 0 Å². The lowest BCUT2D eigenvalue weighted by Crippen LogP contribution is -2.19. The Bertz CT molecular complexity index is 673. The summed E-state index contributed by atoms with van der Waals surface area (Å²) in [7, 11) is 1.89. The van der Waals surface area contributed by atoms with Crippen LogP contribution in [0.25, 0.3) is 11.3 Å². The first-order chi connectivity index (χ1) is 10.6. The summed E-state index contributed by atoms with van der Waals surface area (Å²) >= 11 is 6.29. The number of aliphatic hydroxyl groups is 1. The van der Waals surface area contributed by atoms with Crippen LogP contribution in [0.1, 0.15) is 19.3 Å². The van der Waals surface area contributed by atoms with Gasteiger partial charge in [-0.2, -0.15) is 4.98 Å². The highest BCUT2D eigenvalue weighted by Crippen LogP contribution is 2.35. The van der Waals surface area contributed by atoms with Crippen molar-refractivity contribution in [1.82, 2.24) is 19.5 Å². The van der Waals surface area contributed by atoms with Gasteiger partial charge in [0.05, 0.1) is 23.8 Å². The predicted octanol–water partition coefficient (Wildman–Crippen LogP) is 1.69. The molecule has 1 aliphatic carbocycles. The van der Waals surface area contributed by atoms with E-state index in [-0.39, 0.29) is 18.6 Å². The van der Waals surface area contributed by atoms with Gasteiger partial charge in [-0.1, -0.05) is 11.6 Å². The molecular formula is C14H19ClN6O. The molecule has 22 heavy (non-hydrogen) atoms. The molecular weight excluding hydrogens is 304 g/mol. The van der Waals surface area contributed by atoms with Crippen molar-refractivity contribution in [2.24, 2.45) is 13.0 Å². The number of hydrogen-bond acceptors (Lipinski definition) is 6. The number of anilines is 2. The molecule has 0 aromatic carbocycles. The molecule has 1 aliphatic rings. The number of aryl methyl sites for hydroxylation is 1. The lowest BCUT2D eigenvalue weighted by atomic mass is 10.1. The SMILES string of the molecule is Cn1cncc1-c1c(Cl)nc(N)nc1N[C@H]1CC[C@@H](CO)C1. The van der Waals surface area contributed by atoms with Crippen molar-refractivity contribution in [3.8, 4) is 11.3 Å². The van der Waals surface area contributed by atoms with E-state index in [4.69, 9.17) is 17.3 Å². The standard InChI is InChI=1S/C14H19ClN6O/c1-21-7-17-5-10(21)11-12(15)19-14(16)20-13(11)18-9-3-2-8(4-9)6-22/h5,7-9,22H,2-4,6H2,1H3,(H3,16,18,19,20)/t8-,9+/m1/s1. The van der Waals surface area contributed by atoms with E-state index in [9.17, 15) is 5.11 Å². The molecule has 0 amide bonds. The molecule has 0 bridgehead atoms. The van der Waals surface area contributed by atoms with Gasteiger partial charge < -0.3 is 20.7 Å². The van der Waals surface area contributed by atoms with Crippen LogP contribution < -0.4 is 11.1 Å². The van der Waals surface area contributed by atoms with Crippen molar-refractivity contribution < 1.29 is 5.11 Å². The van der Waals surface area contributed by atoms with E-state index in [2.05, 4.69) is 20.3 Å². The van der Waals surface area contributed by atoms with Crippen LogP contribution in [0.4, 0.5) is 11.8 Å². The Morgan fingerprint density at radius 3 is 2.91 bits per heavy atom. The van der Waals surface area contributed by atoms with Gasteiger partial charge in [-0.15, -0.1) is 0 Å². The van der Waals surface area contributed by atoms with Gasteiger partial charge in [0.15, 0.2) is 0 Å². The maximum absolute atomic E-state index is 9.27. The number of halogens is 1. The monoisotopic (exact) mass is 322 g/mol. The van der Waals surface area contributed by atoms with E-state index >= 15 is 0 Å². The fourth-order valence-corrected chi connectivity index (χ4v) is 3.22. The number of aromatic nitrogens is 4. The summed E-state index contributed by atoms with van der Waals surface area (Å²) in [5.41, 5.74) is 7.26. The van der Waals surface area contributed by atoms with Crippen LogP contribution in [0.2, 0.25) is 5.15 Å². The summed E-state index contributed by atoms with van der Waals surface area (Å²) in [6, 6.07) is 0.245. The van der Waals surface area contributed by atoms with Gasteiger partial charge >= 0.3 is 0 Å². The van der Waals surface area contributed by atoms with Crippen LogP contribution in [0.5, 0.6) is 0 Å². The van der Waals surface area contributed by atoms with E-state index in [1.54, 1.807) is 12.5 Å². The van der Waals surface area contributed by atoms with E-state index in [1.807, 2.05) is 11.6 Å². The Morgan fingerprint density at radius 1 is 1.45 bits per heavy atom. The number of nitrogen functional groups attached to an aromatic ring is 1. The summed E-state index contributed by atoms with van der Waals surface area (Å²) in [4.78, 5) is 12.5. The van der Waals surface area contributed by atoms with Crippen LogP contribution in [-0.2, 0) is 7.05 Å². The Balaban J connectivity index is 1.95. The van der Waals surface area contributed by atoms with Gasteiger partial charge in [0.25, 0.3) is 0 Å². The minimum Gasteiger partial charge on any atom is -0.396 e. The van der Waals surface area contributed by atoms with Gasteiger partial charge in [0.2, 0.25) is 5.95 Å². The summed E-state index contributed by atoms with van der Waals surface area (Å²) in [6.45, 7) is 0.222. The molecule has 2 aromatic heterocycles. The van der Waals surface area contributed by atoms with Crippen LogP contribution in [-0.4, -0.2) is 37.3 Å². The smallest absolute Gasteiger partial charge is 0.223 e. The fourth-order valence-electron chi connectivity index (χ4n) is 2.94. The van der Waals surface area contributed by atoms with Crippen molar-refractivity contribution in [2.45, 2.75) is 25.3 Å². The Morgan fingerprint density at radius 2 is 2.27 bits per heavy atom. The van der Waals surface area contributed by atoms with Gasteiger partial charge in [0.1, 0.15) is 11.0 Å². The number of nitrogens with zero attached hydrogens (tertiary/aromatic N) is 4. The quantitative estimate of drug-likeness (QED) is 0.740. The molecule has 0 saturated heterocycles. The van der Waals surface area contributed by atoms with Crippen LogP contribution in [0.15, 0.2) is 12.5 Å². The first-order valence-corrected chi connectivity index (χ1v) is 7.63. The first-order valence-electron chi connectivity index (χ1n) is 7.25. The molecule has 118 valence electrons. The largest absolute Gasteiger partial charge is 0.396 e. The Kier molecular flexibility index (Phi) is 4.17. The third kappa shape index (κ3) is 2.86. The Hall–Kier alpha value is -1.86. The second-order valence-corrected chi connectivity index (χ2v) is 6.05. The second-order valence-electron chi connectivity index (χ2n) is 5.69. The topological polar surface area (TPSA) is 102 Å². The number of aliphatic hydroxyl groups excluding tert-OH is 1. The molecule has 2 heterocycles. The van der Waals surface area contributed by atoms with Gasteiger partial charge in [-0.3, -0.25) is 0 Å². The minimum atomic E-state index is 0.134. The molecule has 2 atom stereocenters. The van der Waals surface area contributed by atoms with Crippen molar-refractivity contribution in [1.29, 1.82) is 0 Å². The lowest BCUT2D eigenvalue weighted by Gasteiger charge is -2.17. The molecule has 0 aliphatic heterocycles. The second kappa shape index (κ2) is 6.10. The summed E-state index contributed by atoms with van der Waals surface area (Å²) in [6.07, 6.45) is 6.31. The van der Waals surface area contributed by atoms with Crippen LogP contribution >= 0.6 is 11.6 Å². The zero-order valence-corrected chi connectivity index (χ0v) is 13.1. The van der Waals surface area contributed by atoms with E-state index in [0.29, 0.717) is 22.5 Å². The van der Waals surface area contributed by atoms with Crippen molar-refractivity contribution in [3.63, 3.8) is 0 Å². The van der Waals surface area contributed by atoms with Gasteiger partial charge in [0, 0.05) is 19.7 Å². The normalized spacial score (nSPS) is 21.2. The zero-order chi connectivity index (χ0) is 15.7. The summed E-state index contributed by atoms with van der Waals surface area (Å²) in [5.74, 6) is 1.09. The number of imidazole rings is 1. The number of rotatable bonds is 4. The highest BCUT2D eigenvalue weighted by molar-refractivity contribution is 6.32. The average molecular weight is 323 g/mol. The molecule has 0 radical (unpaired) electrons. The molecule has 1 saturated carbocycles. The van der Waals surface area contributed by atoms with E-state index in [0.717, 1.165) is 25.0 Å². The molecule has 2 aromatic rings. The molecule has 0 unspecified atom stereocenters. The average Bonchev–Trinajstić information content (AvgIpc) is 3.08. The molecule has 4 N–H and O–H groups in total. The Labute approximate surface area is 133 Å². The van der Waals surface area contributed by atoms with Crippen molar-refractivity contribution >= 4 is 23.4 Å². The van der Waals surface area contributed by atoms with Gasteiger partial charge in [-0.05, 0) is 25.2 Å². The molecule has 8 heteroatoms. The third-order valence-electron chi connectivity index (χ3n) is 4.10. The highest BCUT2D eigenvalue weighted by atomic mass is 35.5. The maximum Gasteiger partial charge on any atom is 0.223 e. The predicted molar refractivity (Wildman–Crippen MR) is 85.5 cm³/mol. The van der Waals surface area contributed by atoms with Crippen LogP contribution in [0, 0.1) is 5.92 Å². The number of hydrogen-bond donors (Lipinski definition) is 3. The summed E-state index contributed by atoms with van der Waals surface area (Å²) < 4.78 is 1.86. The highest BCUT2D eigenvalue weighted by Gasteiger charge is 2.26. The van der Waals surface area contributed by atoms with E-state index < -0.39 is 0 Å². The van der Waals surface area contributed by atoms with Crippen molar-refractivity contribution in [2.75, 3.05) is 17.7 Å². The maximum atomic E-state index is 9.27. The molecule has 1 fully saturated rings.